The number of benzene rings is 2. The van der Waals surface area contributed by atoms with E-state index < -0.39 is 0 Å². The quantitative estimate of drug-likeness (QED) is 0.508. The van der Waals surface area contributed by atoms with Crippen molar-refractivity contribution >= 4 is 22.9 Å². The normalized spacial score (nSPS) is 23.3. The highest BCUT2D eigenvalue weighted by Gasteiger charge is 2.36. The van der Waals surface area contributed by atoms with Crippen molar-refractivity contribution < 1.29 is 4.74 Å². The fraction of sp³-hybridized carbons (Fsp3) is 0.333. The van der Waals surface area contributed by atoms with E-state index in [1.165, 1.54) is 37.6 Å². The number of hydrogen-bond donors (Lipinski definition) is 0. The van der Waals surface area contributed by atoms with Crippen LogP contribution < -0.4 is 4.74 Å². The molecule has 0 aromatic heterocycles. The fourth-order valence-electron chi connectivity index (χ4n) is 4.97. The number of likely N-dealkylation sites (tertiary alicyclic amines) is 1. The SMILES string of the molecule is CN1CCC(=C2c3ccccc3Sc3c2ccc2c3OC3CCC=C23)CC1. The smallest absolute Gasteiger partial charge is 0.142 e. The number of allylic oxidation sites excluding steroid dienone is 1. The summed E-state index contributed by atoms with van der Waals surface area (Å²) < 4.78 is 6.48. The molecule has 3 heteroatoms. The van der Waals surface area contributed by atoms with Crippen molar-refractivity contribution in [2.24, 2.45) is 0 Å². The molecule has 2 nitrogen and oxygen atoms in total. The molecule has 1 saturated heterocycles. The van der Waals surface area contributed by atoms with Crippen LogP contribution in [0.1, 0.15) is 42.4 Å². The molecule has 0 amide bonds. The highest BCUT2D eigenvalue weighted by molar-refractivity contribution is 7.99. The van der Waals surface area contributed by atoms with Gasteiger partial charge in [0.2, 0.25) is 0 Å². The largest absolute Gasteiger partial charge is 0.484 e. The van der Waals surface area contributed by atoms with E-state index in [0.29, 0.717) is 0 Å². The Morgan fingerprint density at radius 2 is 1.81 bits per heavy atom. The van der Waals surface area contributed by atoms with Gasteiger partial charge in [-0.2, -0.15) is 0 Å². The lowest BCUT2D eigenvalue weighted by Gasteiger charge is -2.30. The van der Waals surface area contributed by atoms with Gasteiger partial charge in [-0.3, -0.25) is 0 Å². The van der Waals surface area contributed by atoms with Gasteiger partial charge in [-0.05, 0) is 61.1 Å². The Balaban J connectivity index is 1.57. The lowest BCUT2D eigenvalue weighted by Crippen LogP contribution is -2.27. The molecule has 2 aromatic rings. The summed E-state index contributed by atoms with van der Waals surface area (Å²) >= 11 is 1.90. The summed E-state index contributed by atoms with van der Waals surface area (Å²) in [6.07, 6.45) is 7.26. The molecule has 27 heavy (non-hydrogen) atoms. The average Bonchev–Trinajstić information content (AvgIpc) is 3.28. The van der Waals surface area contributed by atoms with Crippen LogP contribution >= 0.6 is 11.8 Å². The molecule has 136 valence electrons. The number of rotatable bonds is 0. The minimum absolute atomic E-state index is 0.281. The number of piperidine rings is 1. The Hall–Kier alpha value is -1.97. The first-order chi connectivity index (χ1) is 13.3. The fourth-order valence-corrected chi connectivity index (χ4v) is 6.14. The minimum Gasteiger partial charge on any atom is -0.484 e. The van der Waals surface area contributed by atoms with Gasteiger partial charge >= 0.3 is 0 Å². The van der Waals surface area contributed by atoms with E-state index in [9.17, 15) is 0 Å². The van der Waals surface area contributed by atoms with Gasteiger partial charge in [0.05, 0.1) is 4.90 Å². The van der Waals surface area contributed by atoms with Gasteiger partial charge in [-0.25, -0.2) is 0 Å². The summed E-state index contributed by atoms with van der Waals surface area (Å²) in [5, 5.41) is 0. The van der Waals surface area contributed by atoms with Gasteiger partial charge in [0.15, 0.2) is 0 Å². The zero-order valence-corrected chi connectivity index (χ0v) is 16.4. The molecule has 4 aliphatic rings. The second-order valence-corrected chi connectivity index (χ2v) is 9.09. The van der Waals surface area contributed by atoms with Crippen molar-refractivity contribution in [2.75, 3.05) is 20.1 Å². The molecule has 3 heterocycles. The first-order valence-corrected chi connectivity index (χ1v) is 10.8. The molecule has 0 radical (unpaired) electrons. The third kappa shape index (κ3) is 2.38. The molecule has 3 aliphatic heterocycles. The molecule has 1 atom stereocenters. The van der Waals surface area contributed by atoms with Crippen LogP contribution in [-0.2, 0) is 0 Å². The van der Waals surface area contributed by atoms with Gasteiger partial charge in [0.1, 0.15) is 11.9 Å². The molecule has 6 rings (SSSR count). The van der Waals surface area contributed by atoms with E-state index in [0.717, 1.165) is 44.5 Å². The molecule has 0 bridgehead atoms. The van der Waals surface area contributed by atoms with Crippen molar-refractivity contribution in [3.05, 3.63) is 64.7 Å². The van der Waals surface area contributed by atoms with E-state index >= 15 is 0 Å². The Labute approximate surface area is 164 Å². The van der Waals surface area contributed by atoms with Crippen molar-refractivity contribution in [2.45, 2.75) is 41.6 Å². The maximum atomic E-state index is 6.48. The monoisotopic (exact) mass is 373 g/mol. The van der Waals surface area contributed by atoms with Gasteiger partial charge < -0.3 is 9.64 Å². The Kier molecular flexibility index (Phi) is 3.57. The minimum atomic E-state index is 0.281. The topological polar surface area (TPSA) is 12.5 Å². The van der Waals surface area contributed by atoms with Crippen LogP contribution in [0.15, 0.2) is 57.8 Å². The lowest BCUT2D eigenvalue weighted by atomic mass is 9.87. The average molecular weight is 374 g/mol. The second-order valence-electron chi connectivity index (χ2n) is 8.04. The molecular weight excluding hydrogens is 350 g/mol. The molecule has 1 aliphatic carbocycles. The van der Waals surface area contributed by atoms with E-state index in [-0.39, 0.29) is 6.10 Å². The lowest BCUT2D eigenvalue weighted by molar-refractivity contribution is 0.267. The number of fused-ring (bicyclic) bond motifs is 6. The third-order valence-corrected chi connectivity index (χ3v) is 7.59. The van der Waals surface area contributed by atoms with Crippen molar-refractivity contribution in [3.63, 3.8) is 0 Å². The van der Waals surface area contributed by atoms with E-state index in [1.54, 1.807) is 5.57 Å². The summed E-state index contributed by atoms with van der Waals surface area (Å²) in [5.41, 5.74) is 8.63. The molecule has 0 N–H and O–H groups in total. The molecular formula is C24H23NOS. The molecule has 1 unspecified atom stereocenters. The predicted octanol–water partition coefficient (Wildman–Crippen LogP) is 5.62. The highest BCUT2D eigenvalue weighted by Crippen LogP contribution is 2.56. The van der Waals surface area contributed by atoms with E-state index in [4.69, 9.17) is 4.74 Å². The molecule has 1 fully saturated rings. The number of nitrogens with zero attached hydrogens (tertiary/aromatic N) is 1. The summed E-state index contributed by atoms with van der Waals surface area (Å²) in [4.78, 5) is 5.14. The molecule has 0 spiro atoms. The van der Waals surface area contributed by atoms with Crippen molar-refractivity contribution in [1.82, 2.24) is 4.90 Å². The first kappa shape index (κ1) is 16.0. The summed E-state index contributed by atoms with van der Waals surface area (Å²) in [5.74, 6) is 1.13. The Bertz CT molecular complexity index is 1010. The van der Waals surface area contributed by atoms with Gasteiger partial charge in [0, 0.05) is 23.5 Å². The maximum Gasteiger partial charge on any atom is 0.142 e. The zero-order valence-electron chi connectivity index (χ0n) is 15.6. The maximum absolute atomic E-state index is 6.48. The van der Waals surface area contributed by atoms with Crippen LogP contribution in [0.5, 0.6) is 5.75 Å². The Morgan fingerprint density at radius 3 is 2.70 bits per heavy atom. The van der Waals surface area contributed by atoms with E-state index in [1.807, 2.05) is 11.8 Å². The van der Waals surface area contributed by atoms with E-state index in [2.05, 4.69) is 54.4 Å². The van der Waals surface area contributed by atoms with Crippen LogP contribution in [0.4, 0.5) is 0 Å². The van der Waals surface area contributed by atoms with Crippen LogP contribution in [0.3, 0.4) is 0 Å². The van der Waals surface area contributed by atoms with Gasteiger partial charge in [-0.15, -0.1) is 0 Å². The van der Waals surface area contributed by atoms with Crippen molar-refractivity contribution in [3.8, 4) is 5.75 Å². The summed E-state index contributed by atoms with van der Waals surface area (Å²) in [6, 6.07) is 13.6. The van der Waals surface area contributed by atoms with Crippen molar-refractivity contribution in [1.29, 1.82) is 0 Å². The summed E-state index contributed by atoms with van der Waals surface area (Å²) in [7, 11) is 2.23. The van der Waals surface area contributed by atoms with Crippen LogP contribution in [0.2, 0.25) is 0 Å². The summed E-state index contributed by atoms with van der Waals surface area (Å²) in [6.45, 7) is 2.31. The Morgan fingerprint density at radius 1 is 1.00 bits per heavy atom. The molecule has 2 aromatic carbocycles. The first-order valence-electron chi connectivity index (χ1n) is 10.0. The van der Waals surface area contributed by atoms with Crippen LogP contribution in [0.25, 0.3) is 11.1 Å². The van der Waals surface area contributed by atoms with Crippen LogP contribution in [0, 0.1) is 0 Å². The number of ether oxygens (including phenoxy) is 1. The molecule has 0 saturated carbocycles. The third-order valence-electron chi connectivity index (χ3n) is 6.41. The van der Waals surface area contributed by atoms with Crippen LogP contribution in [-0.4, -0.2) is 31.1 Å². The highest BCUT2D eigenvalue weighted by atomic mass is 32.2. The van der Waals surface area contributed by atoms with Gasteiger partial charge in [0.25, 0.3) is 0 Å². The zero-order chi connectivity index (χ0) is 18.0. The van der Waals surface area contributed by atoms with Gasteiger partial charge in [-0.1, -0.05) is 53.7 Å². The predicted molar refractivity (Wildman–Crippen MR) is 111 cm³/mol. The standard InChI is InChI=1S/C24H23NOS/c1-25-13-11-15(12-14-25)22-18-5-2-3-8-21(18)27-24-19(22)10-9-17-16-6-4-7-20(16)26-23(17)24/h2-3,5-6,8-10,20H,4,7,11-14H2,1H3. The number of hydrogen-bond acceptors (Lipinski definition) is 3. The second kappa shape index (κ2) is 6.02.